The molecule has 3 nitrogen and oxygen atoms in total. The number of pyridine rings is 1. The zero-order valence-electron chi connectivity index (χ0n) is 13.7. The predicted molar refractivity (Wildman–Crippen MR) is 90.5 cm³/mol. The van der Waals surface area contributed by atoms with Crippen LogP contribution in [0.1, 0.15) is 35.5 Å². The summed E-state index contributed by atoms with van der Waals surface area (Å²) in [5.41, 5.74) is 6.71. The van der Waals surface area contributed by atoms with E-state index in [1.807, 2.05) is 13.0 Å². The molecule has 1 aliphatic rings. The molecule has 0 aliphatic carbocycles. The number of nitrogens with zero attached hydrogens (tertiary/aromatic N) is 3. The second-order valence-corrected chi connectivity index (χ2v) is 6.33. The van der Waals surface area contributed by atoms with Crippen molar-refractivity contribution in [1.82, 2.24) is 9.38 Å². The molecule has 4 rings (SSSR count). The molecule has 3 heterocycles. The van der Waals surface area contributed by atoms with Crippen LogP contribution in [0.2, 0.25) is 0 Å². The Labute approximate surface area is 135 Å². The van der Waals surface area contributed by atoms with E-state index >= 15 is 0 Å². The van der Waals surface area contributed by atoms with Gasteiger partial charge in [-0.2, -0.15) is 0 Å². The standard InChI is InChI=1S/C19H20FN3/c1-12-13(2)23-9-4-5-18(19(23)21-12)22-10-8-15-11-16(20)6-7-17(15)14(22)3/h4-7,9,11,14H,8,10H2,1-3H3. The van der Waals surface area contributed by atoms with Gasteiger partial charge in [-0.25, -0.2) is 9.37 Å². The molecule has 2 aromatic heterocycles. The Morgan fingerprint density at radius 1 is 1.22 bits per heavy atom. The highest BCUT2D eigenvalue weighted by atomic mass is 19.1. The summed E-state index contributed by atoms with van der Waals surface area (Å²) in [6.07, 6.45) is 2.92. The average molecular weight is 309 g/mol. The topological polar surface area (TPSA) is 20.5 Å². The smallest absolute Gasteiger partial charge is 0.160 e. The summed E-state index contributed by atoms with van der Waals surface area (Å²) >= 11 is 0. The molecular weight excluding hydrogens is 289 g/mol. The number of anilines is 1. The summed E-state index contributed by atoms with van der Waals surface area (Å²) in [5, 5.41) is 0. The van der Waals surface area contributed by atoms with Crippen molar-refractivity contribution in [2.75, 3.05) is 11.4 Å². The summed E-state index contributed by atoms with van der Waals surface area (Å²) in [7, 11) is 0. The third-order valence-electron chi connectivity index (χ3n) is 5.06. The van der Waals surface area contributed by atoms with Gasteiger partial charge in [-0.1, -0.05) is 6.07 Å². The molecule has 0 saturated heterocycles. The molecule has 0 amide bonds. The van der Waals surface area contributed by atoms with E-state index in [1.165, 1.54) is 11.3 Å². The van der Waals surface area contributed by atoms with Crippen LogP contribution >= 0.6 is 0 Å². The summed E-state index contributed by atoms with van der Waals surface area (Å²) in [6, 6.07) is 9.57. The Balaban J connectivity index is 1.83. The van der Waals surface area contributed by atoms with Gasteiger partial charge in [-0.15, -0.1) is 0 Å². The van der Waals surface area contributed by atoms with E-state index in [2.05, 4.69) is 41.5 Å². The van der Waals surface area contributed by atoms with Gasteiger partial charge in [0.2, 0.25) is 0 Å². The maximum atomic E-state index is 13.5. The van der Waals surface area contributed by atoms with Crippen molar-refractivity contribution in [3.8, 4) is 0 Å². The number of fused-ring (bicyclic) bond motifs is 2. The molecule has 1 aliphatic heterocycles. The summed E-state index contributed by atoms with van der Waals surface area (Å²) < 4.78 is 15.6. The number of imidazole rings is 1. The number of rotatable bonds is 1. The van der Waals surface area contributed by atoms with Crippen molar-refractivity contribution in [1.29, 1.82) is 0 Å². The van der Waals surface area contributed by atoms with Crippen LogP contribution in [0.15, 0.2) is 36.5 Å². The largest absolute Gasteiger partial charge is 0.361 e. The van der Waals surface area contributed by atoms with Crippen molar-refractivity contribution >= 4 is 11.3 Å². The minimum absolute atomic E-state index is 0.147. The summed E-state index contributed by atoms with van der Waals surface area (Å²) in [5.74, 6) is -0.147. The van der Waals surface area contributed by atoms with Gasteiger partial charge >= 0.3 is 0 Å². The molecule has 0 radical (unpaired) electrons. The van der Waals surface area contributed by atoms with E-state index in [1.54, 1.807) is 12.1 Å². The molecule has 0 spiro atoms. The quantitative estimate of drug-likeness (QED) is 0.671. The molecule has 0 N–H and O–H groups in total. The van der Waals surface area contributed by atoms with Crippen LogP contribution in [0.4, 0.5) is 10.1 Å². The van der Waals surface area contributed by atoms with E-state index in [9.17, 15) is 4.39 Å². The first-order chi connectivity index (χ1) is 11.1. The van der Waals surface area contributed by atoms with E-state index in [0.29, 0.717) is 0 Å². The van der Waals surface area contributed by atoms with Crippen LogP contribution in [-0.4, -0.2) is 15.9 Å². The number of aryl methyl sites for hydroxylation is 2. The molecular formula is C19H20FN3. The predicted octanol–water partition coefficient (Wildman–Crippen LogP) is 4.21. The lowest BCUT2D eigenvalue weighted by atomic mass is 9.93. The Hall–Kier alpha value is -2.36. The lowest BCUT2D eigenvalue weighted by Crippen LogP contribution is -2.34. The molecule has 1 aromatic carbocycles. The second-order valence-electron chi connectivity index (χ2n) is 6.33. The maximum absolute atomic E-state index is 13.5. The molecule has 23 heavy (non-hydrogen) atoms. The van der Waals surface area contributed by atoms with Crippen molar-refractivity contribution in [2.45, 2.75) is 33.2 Å². The van der Waals surface area contributed by atoms with Crippen molar-refractivity contribution in [2.24, 2.45) is 0 Å². The summed E-state index contributed by atoms with van der Waals surface area (Å²) in [4.78, 5) is 7.13. The number of hydrogen-bond donors (Lipinski definition) is 0. The van der Waals surface area contributed by atoms with Crippen LogP contribution in [0.5, 0.6) is 0 Å². The molecule has 1 unspecified atom stereocenters. The van der Waals surface area contributed by atoms with Gasteiger partial charge < -0.3 is 9.30 Å². The van der Waals surface area contributed by atoms with E-state index in [4.69, 9.17) is 4.98 Å². The van der Waals surface area contributed by atoms with Gasteiger partial charge in [-0.3, -0.25) is 0 Å². The van der Waals surface area contributed by atoms with Crippen molar-refractivity contribution in [3.05, 3.63) is 64.9 Å². The van der Waals surface area contributed by atoms with Crippen molar-refractivity contribution < 1.29 is 4.39 Å². The van der Waals surface area contributed by atoms with E-state index in [0.717, 1.165) is 35.6 Å². The Kier molecular flexibility index (Phi) is 3.15. The summed E-state index contributed by atoms with van der Waals surface area (Å²) in [6.45, 7) is 7.20. The highest BCUT2D eigenvalue weighted by molar-refractivity contribution is 5.71. The Morgan fingerprint density at radius 2 is 2.04 bits per heavy atom. The van der Waals surface area contributed by atoms with Gasteiger partial charge in [0.05, 0.1) is 17.4 Å². The first-order valence-electron chi connectivity index (χ1n) is 8.05. The number of hydrogen-bond acceptors (Lipinski definition) is 2. The monoisotopic (exact) mass is 309 g/mol. The van der Waals surface area contributed by atoms with Crippen LogP contribution < -0.4 is 4.90 Å². The highest BCUT2D eigenvalue weighted by Crippen LogP contribution is 2.35. The minimum Gasteiger partial charge on any atom is -0.361 e. The Bertz CT molecular complexity index is 897. The first-order valence-corrected chi connectivity index (χ1v) is 8.05. The molecule has 0 saturated carbocycles. The fourth-order valence-corrected chi connectivity index (χ4v) is 3.64. The van der Waals surface area contributed by atoms with Gasteiger partial charge in [-0.05, 0) is 62.6 Å². The minimum atomic E-state index is -0.147. The molecule has 0 bridgehead atoms. The fraction of sp³-hybridized carbons (Fsp3) is 0.316. The zero-order valence-corrected chi connectivity index (χ0v) is 13.7. The average Bonchev–Trinajstić information content (AvgIpc) is 2.83. The maximum Gasteiger partial charge on any atom is 0.160 e. The number of aromatic nitrogens is 2. The lowest BCUT2D eigenvalue weighted by molar-refractivity contribution is 0.598. The number of benzene rings is 1. The molecule has 4 heteroatoms. The lowest BCUT2D eigenvalue weighted by Gasteiger charge is -2.37. The first kappa shape index (κ1) is 14.2. The zero-order chi connectivity index (χ0) is 16.1. The number of halogens is 1. The SMILES string of the molecule is Cc1nc2c(N3CCc4cc(F)ccc4C3C)cccn2c1C. The van der Waals surface area contributed by atoms with Crippen molar-refractivity contribution in [3.63, 3.8) is 0 Å². The molecule has 0 fully saturated rings. The molecule has 3 aromatic rings. The van der Waals surface area contributed by atoms with Crippen LogP contribution in [0, 0.1) is 19.7 Å². The van der Waals surface area contributed by atoms with Crippen LogP contribution in [0.3, 0.4) is 0 Å². The van der Waals surface area contributed by atoms with E-state index in [-0.39, 0.29) is 11.9 Å². The third kappa shape index (κ3) is 2.12. The van der Waals surface area contributed by atoms with Gasteiger partial charge in [0.1, 0.15) is 5.82 Å². The second kappa shape index (κ2) is 5.08. The molecule has 1 atom stereocenters. The third-order valence-corrected chi connectivity index (χ3v) is 5.06. The Morgan fingerprint density at radius 3 is 2.87 bits per heavy atom. The van der Waals surface area contributed by atoms with E-state index < -0.39 is 0 Å². The fourth-order valence-electron chi connectivity index (χ4n) is 3.64. The normalized spacial score (nSPS) is 17.6. The van der Waals surface area contributed by atoms with Gasteiger partial charge in [0, 0.05) is 18.4 Å². The highest BCUT2D eigenvalue weighted by Gasteiger charge is 2.26. The van der Waals surface area contributed by atoms with Gasteiger partial charge in [0.15, 0.2) is 5.65 Å². The van der Waals surface area contributed by atoms with Crippen LogP contribution in [-0.2, 0) is 6.42 Å². The van der Waals surface area contributed by atoms with Gasteiger partial charge in [0.25, 0.3) is 0 Å². The molecule has 118 valence electrons. The van der Waals surface area contributed by atoms with Crippen LogP contribution in [0.25, 0.3) is 5.65 Å².